The molecule has 0 fully saturated rings. The second-order valence-electron chi connectivity index (χ2n) is 3.90. The fourth-order valence-corrected chi connectivity index (χ4v) is 1.68. The van der Waals surface area contributed by atoms with E-state index in [-0.39, 0.29) is 6.10 Å². The van der Waals surface area contributed by atoms with Crippen LogP contribution in [0.4, 0.5) is 0 Å². The largest absolute Gasteiger partial charge is 0.496 e. The molecular formula is C13H20O4. The first-order valence-corrected chi connectivity index (χ1v) is 5.59. The number of rotatable bonds is 6. The zero-order valence-electron chi connectivity index (χ0n) is 10.8. The summed E-state index contributed by atoms with van der Waals surface area (Å²) in [6, 6.07) is 3.64. The Labute approximate surface area is 102 Å². The van der Waals surface area contributed by atoms with Crippen molar-refractivity contribution >= 4 is 0 Å². The SMILES string of the molecule is COc1cc(OC)c(CCC(C)O)c(OC)c1. The van der Waals surface area contributed by atoms with E-state index < -0.39 is 0 Å². The Kier molecular flexibility index (Phi) is 5.10. The van der Waals surface area contributed by atoms with E-state index in [4.69, 9.17) is 14.2 Å². The topological polar surface area (TPSA) is 47.9 Å². The van der Waals surface area contributed by atoms with Gasteiger partial charge in [-0.25, -0.2) is 0 Å². The van der Waals surface area contributed by atoms with Gasteiger partial charge in [0.1, 0.15) is 17.2 Å². The molecule has 0 aliphatic heterocycles. The smallest absolute Gasteiger partial charge is 0.129 e. The summed E-state index contributed by atoms with van der Waals surface area (Å²) < 4.78 is 15.8. The summed E-state index contributed by atoms with van der Waals surface area (Å²) in [7, 11) is 4.82. The monoisotopic (exact) mass is 240 g/mol. The molecular weight excluding hydrogens is 220 g/mol. The van der Waals surface area contributed by atoms with Gasteiger partial charge in [0.25, 0.3) is 0 Å². The van der Waals surface area contributed by atoms with Crippen LogP contribution >= 0.6 is 0 Å². The normalized spacial score (nSPS) is 12.1. The highest BCUT2D eigenvalue weighted by atomic mass is 16.5. The minimum Gasteiger partial charge on any atom is -0.496 e. The first kappa shape index (κ1) is 13.6. The molecule has 0 heterocycles. The summed E-state index contributed by atoms with van der Waals surface area (Å²) >= 11 is 0. The fraction of sp³-hybridized carbons (Fsp3) is 0.538. The van der Waals surface area contributed by atoms with Crippen LogP contribution in [-0.4, -0.2) is 32.5 Å². The molecule has 1 aromatic carbocycles. The van der Waals surface area contributed by atoms with Gasteiger partial charge in [-0.3, -0.25) is 0 Å². The van der Waals surface area contributed by atoms with Gasteiger partial charge >= 0.3 is 0 Å². The number of ether oxygens (including phenoxy) is 3. The van der Waals surface area contributed by atoms with Crippen molar-refractivity contribution in [1.82, 2.24) is 0 Å². The van der Waals surface area contributed by atoms with Crippen molar-refractivity contribution < 1.29 is 19.3 Å². The molecule has 0 bridgehead atoms. The maximum Gasteiger partial charge on any atom is 0.129 e. The maximum atomic E-state index is 9.34. The highest BCUT2D eigenvalue weighted by molar-refractivity contribution is 5.50. The van der Waals surface area contributed by atoms with Crippen molar-refractivity contribution in [2.24, 2.45) is 0 Å². The Morgan fingerprint density at radius 2 is 1.59 bits per heavy atom. The Balaban J connectivity index is 3.06. The standard InChI is InChI=1S/C13H20O4/c1-9(14)5-6-11-12(16-3)7-10(15-2)8-13(11)17-4/h7-9,14H,5-6H2,1-4H3. The zero-order valence-corrected chi connectivity index (χ0v) is 10.8. The van der Waals surface area contributed by atoms with Crippen LogP contribution in [0.15, 0.2) is 12.1 Å². The van der Waals surface area contributed by atoms with Crippen LogP contribution in [0.2, 0.25) is 0 Å². The predicted octanol–water partition coefficient (Wildman–Crippen LogP) is 2.03. The van der Waals surface area contributed by atoms with Gasteiger partial charge in [-0.2, -0.15) is 0 Å². The van der Waals surface area contributed by atoms with E-state index >= 15 is 0 Å². The Morgan fingerprint density at radius 3 is 1.94 bits per heavy atom. The molecule has 0 aromatic heterocycles. The van der Waals surface area contributed by atoms with Crippen LogP contribution < -0.4 is 14.2 Å². The predicted molar refractivity (Wildman–Crippen MR) is 66.1 cm³/mol. The maximum absolute atomic E-state index is 9.34. The summed E-state index contributed by atoms with van der Waals surface area (Å²) in [5.74, 6) is 2.14. The Hall–Kier alpha value is -1.42. The van der Waals surface area contributed by atoms with Crippen molar-refractivity contribution in [3.8, 4) is 17.2 Å². The van der Waals surface area contributed by atoms with Crippen LogP contribution in [-0.2, 0) is 6.42 Å². The number of hydrogen-bond donors (Lipinski definition) is 1. The molecule has 0 spiro atoms. The molecule has 1 unspecified atom stereocenters. The lowest BCUT2D eigenvalue weighted by atomic mass is 10.0. The van der Waals surface area contributed by atoms with Crippen molar-refractivity contribution in [2.75, 3.05) is 21.3 Å². The fourth-order valence-electron chi connectivity index (χ4n) is 1.68. The van der Waals surface area contributed by atoms with Gasteiger partial charge < -0.3 is 19.3 Å². The first-order chi connectivity index (χ1) is 8.12. The van der Waals surface area contributed by atoms with Crippen molar-refractivity contribution in [1.29, 1.82) is 0 Å². The van der Waals surface area contributed by atoms with Gasteiger partial charge in [0.15, 0.2) is 0 Å². The van der Waals surface area contributed by atoms with Crippen LogP contribution in [0.5, 0.6) is 17.2 Å². The molecule has 96 valence electrons. The molecule has 4 heteroatoms. The van der Waals surface area contributed by atoms with E-state index in [0.717, 1.165) is 17.1 Å². The molecule has 0 aliphatic rings. The van der Waals surface area contributed by atoms with E-state index in [1.54, 1.807) is 28.3 Å². The number of aliphatic hydroxyl groups excluding tert-OH is 1. The molecule has 0 saturated heterocycles. The van der Waals surface area contributed by atoms with Crippen molar-refractivity contribution in [3.05, 3.63) is 17.7 Å². The highest BCUT2D eigenvalue weighted by Gasteiger charge is 2.13. The molecule has 4 nitrogen and oxygen atoms in total. The second kappa shape index (κ2) is 6.35. The Morgan fingerprint density at radius 1 is 1.06 bits per heavy atom. The molecule has 1 rings (SSSR count). The number of methoxy groups -OCH3 is 3. The first-order valence-electron chi connectivity index (χ1n) is 5.59. The lowest BCUT2D eigenvalue weighted by Crippen LogP contribution is -2.04. The third kappa shape index (κ3) is 3.53. The average Bonchev–Trinajstić information content (AvgIpc) is 2.34. The van der Waals surface area contributed by atoms with E-state index in [2.05, 4.69) is 0 Å². The number of aliphatic hydroxyl groups is 1. The summed E-state index contributed by atoms with van der Waals surface area (Å²) in [4.78, 5) is 0. The molecule has 0 saturated carbocycles. The number of hydrogen-bond acceptors (Lipinski definition) is 4. The molecule has 17 heavy (non-hydrogen) atoms. The van der Waals surface area contributed by atoms with E-state index in [1.807, 2.05) is 12.1 Å². The highest BCUT2D eigenvalue weighted by Crippen LogP contribution is 2.34. The number of benzene rings is 1. The van der Waals surface area contributed by atoms with Gasteiger partial charge in [-0.1, -0.05) is 0 Å². The van der Waals surface area contributed by atoms with Crippen molar-refractivity contribution in [2.45, 2.75) is 25.9 Å². The van der Waals surface area contributed by atoms with Crippen LogP contribution in [0.25, 0.3) is 0 Å². The molecule has 1 atom stereocenters. The average molecular weight is 240 g/mol. The quantitative estimate of drug-likeness (QED) is 0.826. The lowest BCUT2D eigenvalue weighted by molar-refractivity contribution is 0.184. The van der Waals surface area contributed by atoms with E-state index in [1.165, 1.54) is 0 Å². The lowest BCUT2D eigenvalue weighted by Gasteiger charge is -2.15. The third-order valence-corrected chi connectivity index (χ3v) is 2.63. The van der Waals surface area contributed by atoms with Gasteiger partial charge in [-0.15, -0.1) is 0 Å². The minimum atomic E-state index is -0.341. The summed E-state index contributed by atoms with van der Waals surface area (Å²) in [5, 5.41) is 9.34. The zero-order chi connectivity index (χ0) is 12.8. The Bertz CT molecular complexity index is 335. The van der Waals surface area contributed by atoms with Gasteiger partial charge in [0.05, 0.1) is 27.4 Å². The van der Waals surface area contributed by atoms with Gasteiger partial charge in [-0.05, 0) is 19.8 Å². The van der Waals surface area contributed by atoms with Crippen LogP contribution in [0.3, 0.4) is 0 Å². The van der Waals surface area contributed by atoms with Crippen LogP contribution in [0.1, 0.15) is 18.9 Å². The van der Waals surface area contributed by atoms with Crippen LogP contribution in [0, 0.1) is 0 Å². The summed E-state index contributed by atoms with van der Waals surface area (Å²) in [5.41, 5.74) is 0.955. The molecule has 0 amide bonds. The van der Waals surface area contributed by atoms with E-state index in [0.29, 0.717) is 18.6 Å². The summed E-state index contributed by atoms with van der Waals surface area (Å²) in [6.45, 7) is 1.77. The van der Waals surface area contributed by atoms with Gasteiger partial charge in [0.2, 0.25) is 0 Å². The second-order valence-corrected chi connectivity index (χ2v) is 3.90. The van der Waals surface area contributed by atoms with Gasteiger partial charge in [0, 0.05) is 17.7 Å². The third-order valence-electron chi connectivity index (χ3n) is 2.63. The van der Waals surface area contributed by atoms with Crippen molar-refractivity contribution in [3.63, 3.8) is 0 Å². The molecule has 0 radical (unpaired) electrons. The molecule has 1 N–H and O–H groups in total. The summed E-state index contributed by atoms with van der Waals surface area (Å²) in [6.07, 6.45) is 1.03. The molecule has 0 aliphatic carbocycles. The van der Waals surface area contributed by atoms with E-state index in [9.17, 15) is 5.11 Å². The minimum absolute atomic E-state index is 0.341. The molecule has 1 aromatic rings.